The number of esters is 1. The molecule has 0 aliphatic carbocycles. The maximum atomic E-state index is 12.8. The third-order valence-corrected chi connectivity index (χ3v) is 9.42. The molecule has 0 amide bonds. The van der Waals surface area contributed by atoms with Gasteiger partial charge in [-0.05, 0) is 12.0 Å². The van der Waals surface area contributed by atoms with E-state index in [2.05, 4.69) is 13.2 Å². The fourth-order valence-corrected chi connectivity index (χ4v) is 6.47. The molecule has 0 aromatic carbocycles. The van der Waals surface area contributed by atoms with Gasteiger partial charge in [0, 0.05) is 17.8 Å². The van der Waals surface area contributed by atoms with Crippen molar-refractivity contribution in [1.82, 2.24) is 0 Å². The molecule has 0 bridgehead atoms. The molecule has 19 heteroatoms. The lowest BCUT2D eigenvalue weighted by Crippen LogP contribution is -2.60. The molecule has 0 aromatic rings. The number of aliphatic hydroxyl groups is 8. The minimum atomic E-state index is -1.83. The highest BCUT2D eigenvalue weighted by molar-refractivity contribution is 5.91. The van der Waals surface area contributed by atoms with Gasteiger partial charge in [-0.15, -0.1) is 13.2 Å². The van der Waals surface area contributed by atoms with Crippen molar-refractivity contribution in [1.29, 1.82) is 0 Å². The zero-order valence-electron chi connectivity index (χ0n) is 27.8. The van der Waals surface area contributed by atoms with Crippen LogP contribution in [0.5, 0.6) is 0 Å². The number of carbonyl (C=O) groups is 3. The van der Waals surface area contributed by atoms with Crippen LogP contribution in [-0.4, -0.2) is 158 Å². The molecule has 19 nitrogen and oxygen atoms in total. The predicted octanol–water partition coefficient (Wildman–Crippen LogP) is -3.29. The molecule has 2 fully saturated rings. The maximum Gasteiger partial charge on any atom is 0.337 e. The van der Waals surface area contributed by atoms with E-state index in [4.69, 9.17) is 33.2 Å². The molecule has 0 radical (unpaired) electrons. The van der Waals surface area contributed by atoms with E-state index in [1.54, 1.807) is 0 Å². The molecule has 52 heavy (non-hydrogen) atoms. The topological polar surface area (TPSA) is 298 Å². The number of carbonyl (C=O) groups excluding carboxylic acids is 2. The summed E-state index contributed by atoms with van der Waals surface area (Å²) >= 11 is 0. The van der Waals surface area contributed by atoms with E-state index in [1.807, 2.05) is 0 Å². The van der Waals surface area contributed by atoms with Gasteiger partial charge >= 0.3 is 11.9 Å². The van der Waals surface area contributed by atoms with Gasteiger partial charge in [-0.1, -0.05) is 18.2 Å². The SMILES string of the molecule is C=C[C@H]1[C@H](O[C@@H]2O[C@H](CO)[C@@H](O)[C@H](O)[C@H]2O)OC=C(C(=O)OC)[C@H]1C/C=C(\C=O)[C@@H]1C(C(=O)O)=CO[C@@H](O[C@@H]2O[C@H](CO)[C@@H](O)[C@H](O)[C@H]2O)[C@@H]1C=C. The molecular weight excluding hydrogens is 700 g/mol. The molecule has 16 atom stereocenters. The van der Waals surface area contributed by atoms with Crippen LogP contribution in [0.1, 0.15) is 6.42 Å². The number of methoxy groups -OCH3 is 1. The van der Waals surface area contributed by atoms with Crippen molar-refractivity contribution >= 4 is 18.2 Å². The Morgan fingerprint density at radius 1 is 0.750 bits per heavy atom. The molecule has 9 N–H and O–H groups in total. The van der Waals surface area contributed by atoms with Crippen LogP contribution in [0.25, 0.3) is 0 Å². The number of aldehydes is 1. The van der Waals surface area contributed by atoms with Crippen LogP contribution in [-0.2, 0) is 47.5 Å². The molecule has 0 saturated carbocycles. The second-order valence-corrected chi connectivity index (χ2v) is 12.4. The first kappa shape index (κ1) is 41.2. The average molecular weight is 745 g/mol. The van der Waals surface area contributed by atoms with Gasteiger partial charge in [0.05, 0.1) is 49.9 Å². The molecule has 0 unspecified atom stereocenters. The Kier molecular flexibility index (Phi) is 14.2. The van der Waals surface area contributed by atoms with Gasteiger partial charge in [0.1, 0.15) is 55.1 Å². The van der Waals surface area contributed by atoms with E-state index in [0.717, 1.165) is 19.6 Å². The highest BCUT2D eigenvalue weighted by Gasteiger charge is 2.50. The summed E-state index contributed by atoms with van der Waals surface area (Å²) in [5.41, 5.74) is -0.599. The van der Waals surface area contributed by atoms with Crippen molar-refractivity contribution in [2.24, 2.45) is 23.7 Å². The molecule has 290 valence electrons. The zero-order valence-corrected chi connectivity index (χ0v) is 27.8. The second kappa shape index (κ2) is 18.0. The van der Waals surface area contributed by atoms with Crippen molar-refractivity contribution in [2.45, 2.75) is 80.4 Å². The van der Waals surface area contributed by atoms with Crippen LogP contribution in [0.15, 0.2) is 60.6 Å². The van der Waals surface area contributed by atoms with Crippen LogP contribution in [0.3, 0.4) is 0 Å². The third-order valence-electron chi connectivity index (χ3n) is 9.42. The molecule has 4 aliphatic heterocycles. The van der Waals surface area contributed by atoms with Crippen LogP contribution < -0.4 is 0 Å². The van der Waals surface area contributed by atoms with E-state index in [0.29, 0.717) is 6.29 Å². The number of carboxylic acid groups (broad SMARTS) is 1. The maximum absolute atomic E-state index is 12.8. The summed E-state index contributed by atoms with van der Waals surface area (Å²) in [6.07, 6.45) is -13.4. The number of aliphatic carboxylic acids is 1. The van der Waals surface area contributed by atoms with Crippen LogP contribution in [0.4, 0.5) is 0 Å². The lowest BCUT2D eigenvalue weighted by atomic mass is 9.76. The third kappa shape index (κ3) is 8.30. The van der Waals surface area contributed by atoms with E-state index in [9.17, 15) is 60.3 Å². The Hall–Kier alpha value is -3.57. The summed E-state index contributed by atoms with van der Waals surface area (Å²) in [6.45, 7) is 6.04. The monoisotopic (exact) mass is 744 g/mol. The van der Waals surface area contributed by atoms with Crippen molar-refractivity contribution in [3.05, 3.63) is 60.6 Å². The summed E-state index contributed by atoms with van der Waals surface area (Å²) in [4.78, 5) is 37.9. The first-order valence-corrected chi connectivity index (χ1v) is 16.1. The number of carboxylic acids is 1. The van der Waals surface area contributed by atoms with Crippen molar-refractivity contribution in [3.8, 4) is 0 Å². The van der Waals surface area contributed by atoms with Crippen molar-refractivity contribution < 1.29 is 93.5 Å². The fraction of sp³-hybridized carbons (Fsp3) is 0.606. The van der Waals surface area contributed by atoms with Gasteiger partial charge in [0.25, 0.3) is 0 Å². The second-order valence-electron chi connectivity index (χ2n) is 12.4. The fourth-order valence-electron chi connectivity index (χ4n) is 6.47. The van der Waals surface area contributed by atoms with E-state index < -0.39 is 128 Å². The van der Waals surface area contributed by atoms with E-state index in [1.165, 1.54) is 18.2 Å². The summed E-state index contributed by atoms with van der Waals surface area (Å²) in [7, 11) is 1.11. The highest BCUT2D eigenvalue weighted by atomic mass is 16.8. The lowest BCUT2D eigenvalue weighted by molar-refractivity contribution is -0.339. The quantitative estimate of drug-likeness (QED) is 0.0364. The molecule has 0 spiro atoms. The molecular formula is C33H44O19. The highest BCUT2D eigenvalue weighted by Crippen LogP contribution is 2.41. The Balaban J connectivity index is 1.64. The average Bonchev–Trinajstić information content (AvgIpc) is 3.14. The number of hydrogen-bond donors (Lipinski definition) is 9. The molecule has 4 heterocycles. The number of hydrogen-bond acceptors (Lipinski definition) is 18. The standard InChI is InChI=1S/C33H44O19/c1-4-14-16(17(29(45)46-3)11-47-30(14)51-32-26(41)24(39)22(37)19(9-35)49-32)7-6-13(8-34)21-15(5-2)31(48-12-18(21)28(43)44)52-33-27(42)25(40)23(38)20(10-36)50-33/h4-6,8,11-12,14-16,19-27,30-33,35-42H,1-2,7,9-10H2,3H3,(H,43,44)/b13-6+/t14-,15-,16+,19-,20-,21+,22-,23-,24+,25+,26-,27-,30+,31+,32+,33+/m1/s1. The summed E-state index contributed by atoms with van der Waals surface area (Å²) in [5, 5.41) is 90.9. The summed E-state index contributed by atoms with van der Waals surface area (Å²) < 4.78 is 38.4. The van der Waals surface area contributed by atoms with Gasteiger partial charge in [0.15, 0.2) is 12.6 Å². The first-order chi connectivity index (χ1) is 24.8. The van der Waals surface area contributed by atoms with Gasteiger partial charge < -0.3 is 79.1 Å². The zero-order chi connectivity index (χ0) is 38.4. The minimum absolute atomic E-state index is 0.0485. The largest absolute Gasteiger partial charge is 0.478 e. The number of aliphatic hydroxyl groups excluding tert-OH is 8. The minimum Gasteiger partial charge on any atom is -0.478 e. The normalized spacial score (nSPS) is 41.0. The molecule has 2 saturated heterocycles. The van der Waals surface area contributed by atoms with Crippen molar-refractivity contribution in [3.63, 3.8) is 0 Å². The summed E-state index contributed by atoms with van der Waals surface area (Å²) in [6, 6.07) is 0. The van der Waals surface area contributed by atoms with E-state index in [-0.39, 0.29) is 17.6 Å². The number of rotatable bonds is 14. The van der Waals surface area contributed by atoms with E-state index >= 15 is 0 Å². The Bertz CT molecular complexity index is 1390. The Morgan fingerprint density at radius 3 is 1.65 bits per heavy atom. The van der Waals surface area contributed by atoms with Crippen molar-refractivity contribution in [2.75, 3.05) is 20.3 Å². The number of ether oxygens (including phenoxy) is 7. The van der Waals surface area contributed by atoms with Gasteiger partial charge in [-0.25, -0.2) is 9.59 Å². The van der Waals surface area contributed by atoms with Gasteiger partial charge in [-0.2, -0.15) is 0 Å². The summed E-state index contributed by atoms with van der Waals surface area (Å²) in [5.74, 6) is -6.69. The number of allylic oxidation sites excluding steroid dienone is 2. The molecule has 0 aromatic heterocycles. The predicted molar refractivity (Wildman–Crippen MR) is 168 cm³/mol. The Labute approximate surface area is 296 Å². The molecule has 4 aliphatic rings. The molecule has 4 rings (SSSR count). The van der Waals surface area contributed by atoms with Gasteiger partial charge in [-0.3, -0.25) is 4.79 Å². The van der Waals surface area contributed by atoms with Crippen LogP contribution in [0.2, 0.25) is 0 Å². The van der Waals surface area contributed by atoms with Gasteiger partial charge in [0.2, 0.25) is 12.6 Å². The lowest BCUT2D eigenvalue weighted by Gasteiger charge is -2.43. The smallest absolute Gasteiger partial charge is 0.337 e. The van der Waals surface area contributed by atoms with Crippen LogP contribution >= 0.6 is 0 Å². The Morgan fingerprint density at radius 2 is 1.23 bits per heavy atom. The first-order valence-electron chi connectivity index (χ1n) is 16.1. The van der Waals surface area contributed by atoms with Crippen LogP contribution in [0, 0.1) is 23.7 Å².